The number of benzene rings is 1. The van der Waals surface area contributed by atoms with Crippen LogP contribution in [0, 0.1) is 19.9 Å². The van der Waals surface area contributed by atoms with E-state index in [4.69, 9.17) is 0 Å². The van der Waals surface area contributed by atoms with Gasteiger partial charge in [0.2, 0.25) is 24.1 Å². The van der Waals surface area contributed by atoms with Gasteiger partial charge in [0.15, 0.2) is 0 Å². The summed E-state index contributed by atoms with van der Waals surface area (Å²) in [6, 6.07) is 6.77. The standard InChI is InChI=1S/C14H13N2O4.C2H5.Y/c1-9-4-2-3-5-10(9)14(20)16(8-17)11-6-7-12(18)15-13(11)19;1-2;/h2-3,5,8,11H,6-7H2,1H3,(H,15,18,19);1H2,2H3;/q2*-1;. The van der Waals surface area contributed by atoms with E-state index in [2.05, 4.69) is 18.3 Å². The second kappa shape index (κ2) is 10.4. The number of hydrogen-bond donors (Lipinski definition) is 1. The summed E-state index contributed by atoms with van der Waals surface area (Å²) < 4.78 is 0. The molecule has 1 fully saturated rings. The van der Waals surface area contributed by atoms with Crippen molar-refractivity contribution in [1.29, 1.82) is 0 Å². The molecule has 1 heterocycles. The molecule has 1 aliphatic heterocycles. The molecular weight excluding hydrogens is 373 g/mol. The third-order valence-corrected chi connectivity index (χ3v) is 3.19. The summed E-state index contributed by atoms with van der Waals surface area (Å²) in [5.74, 6) is -1.59. The van der Waals surface area contributed by atoms with Gasteiger partial charge in [-0.25, -0.2) is 0 Å². The number of rotatable bonds is 3. The largest absolute Gasteiger partial charge is 0.346 e. The van der Waals surface area contributed by atoms with Crippen LogP contribution in [0.15, 0.2) is 18.2 Å². The SMILES string of the molecule is Cc1[c-]cccc1C(=O)N(C=O)C1CCC(=O)NC1=O.[CH2-]C.[Y]. The third kappa shape index (κ3) is 5.32. The van der Waals surface area contributed by atoms with Gasteiger partial charge in [-0.3, -0.25) is 29.4 Å². The molecule has 0 bridgehead atoms. The summed E-state index contributed by atoms with van der Waals surface area (Å²) in [6.45, 7) is 6.70. The molecule has 0 aromatic heterocycles. The van der Waals surface area contributed by atoms with Gasteiger partial charge in [-0.1, -0.05) is 12.5 Å². The van der Waals surface area contributed by atoms with Gasteiger partial charge in [-0.15, -0.1) is 0 Å². The predicted molar refractivity (Wildman–Crippen MR) is 79.5 cm³/mol. The minimum Gasteiger partial charge on any atom is -0.346 e. The van der Waals surface area contributed by atoms with Crippen molar-refractivity contribution in [3.05, 3.63) is 42.3 Å². The van der Waals surface area contributed by atoms with Gasteiger partial charge < -0.3 is 6.92 Å². The van der Waals surface area contributed by atoms with Crippen LogP contribution < -0.4 is 5.32 Å². The van der Waals surface area contributed by atoms with Crippen molar-refractivity contribution in [1.82, 2.24) is 10.2 Å². The van der Waals surface area contributed by atoms with Crippen LogP contribution in [-0.2, 0) is 47.1 Å². The van der Waals surface area contributed by atoms with Crippen LogP contribution in [0.5, 0.6) is 0 Å². The number of piperidine rings is 1. The summed E-state index contributed by atoms with van der Waals surface area (Å²) >= 11 is 0. The fourth-order valence-corrected chi connectivity index (χ4v) is 2.10. The molecule has 1 aliphatic rings. The molecule has 1 saturated heterocycles. The van der Waals surface area contributed by atoms with Crippen molar-refractivity contribution in [2.24, 2.45) is 0 Å². The Bertz CT molecular complexity index is 589. The number of nitrogens with one attached hydrogen (secondary N) is 1. The van der Waals surface area contributed by atoms with Gasteiger partial charge in [-0.05, 0) is 6.42 Å². The second-order valence-electron chi connectivity index (χ2n) is 4.49. The van der Waals surface area contributed by atoms with E-state index in [9.17, 15) is 19.2 Å². The molecule has 4 amide bonds. The topological polar surface area (TPSA) is 83.6 Å². The molecule has 0 aliphatic carbocycles. The van der Waals surface area contributed by atoms with Crippen molar-refractivity contribution >= 4 is 24.1 Å². The van der Waals surface area contributed by atoms with Crippen LogP contribution in [0.25, 0.3) is 0 Å². The van der Waals surface area contributed by atoms with E-state index in [1.807, 2.05) is 0 Å². The van der Waals surface area contributed by atoms with Gasteiger partial charge in [-0.2, -0.15) is 36.8 Å². The third-order valence-electron chi connectivity index (χ3n) is 3.19. The maximum absolute atomic E-state index is 12.3. The molecule has 1 unspecified atom stereocenters. The van der Waals surface area contributed by atoms with E-state index in [-0.39, 0.29) is 45.6 Å². The predicted octanol–water partition coefficient (Wildman–Crippen LogP) is 1.04. The van der Waals surface area contributed by atoms with E-state index in [0.29, 0.717) is 17.5 Å². The van der Waals surface area contributed by atoms with Crippen LogP contribution in [0.4, 0.5) is 0 Å². The van der Waals surface area contributed by atoms with Gasteiger partial charge in [0.1, 0.15) is 6.04 Å². The molecule has 6 nitrogen and oxygen atoms in total. The zero-order valence-electron chi connectivity index (χ0n) is 13.2. The second-order valence-corrected chi connectivity index (χ2v) is 4.49. The van der Waals surface area contributed by atoms with Crippen molar-refractivity contribution in [2.45, 2.75) is 32.7 Å². The summed E-state index contributed by atoms with van der Waals surface area (Å²) in [7, 11) is 0. The Labute approximate surface area is 160 Å². The van der Waals surface area contributed by atoms with Crippen LogP contribution in [0.2, 0.25) is 0 Å². The minimum absolute atomic E-state index is 0. The molecule has 1 N–H and O–H groups in total. The number of nitrogens with zero attached hydrogens (tertiary/aromatic N) is 1. The Kier molecular flexibility index (Phi) is 9.76. The molecule has 2 rings (SSSR count). The van der Waals surface area contributed by atoms with Crippen molar-refractivity contribution in [2.75, 3.05) is 0 Å². The Balaban J connectivity index is 0.00000155. The zero-order chi connectivity index (χ0) is 16.7. The Morgan fingerprint density at radius 1 is 1.43 bits per heavy atom. The maximum Gasteiger partial charge on any atom is 0.249 e. The summed E-state index contributed by atoms with van der Waals surface area (Å²) in [5, 5.41) is 2.13. The molecule has 1 aromatic rings. The van der Waals surface area contributed by atoms with Crippen LogP contribution >= 0.6 is 0 Å². The fraction of sp³-hybridized carbons (Fsp3) is 0.312. The first-order valence-electron chi connectivity index (χ1n) is 6.84. The number of carbonyl (C=O) groups is 4. The number of imide groups is 2. The number of carbonyl (C=O) groups excluding carboxylic acids is 4. The Morgan fingerprint density at radius 3 is 2.61 bits per heavy atom. The average molecular weight is 391 g/mol. The molecular formula is C16H18N2O4Y-2. The first kappa shape index (κ1) is 21.6. The quantitative estimate of drug-likeness (QED) is 0.474. The molecule has 0 saturated carbocycles. The molecule has 121 valence electrons. The van der Waals surface area contributed by atoms with Gasteiger partial charge in [0.25, 0.3) is 0 Å². The van der Waals surface area contributed by atoms with Crippen LogP contribution in [0.1, 0.15) is 35.7 Å². The minimum atomic E-state index is -0.947. The number of amides is 4. The first-order chi connectivity index (χ1) is 10.5. The fourth-order valence-electron chi connectivity index (χ4n) is 2.10. The van der Waals surface area contributed by atoms with E-state index >= 15 is 0 Å². The van der Waals surface area contributed by atoms with E-state index in [1.165, 1.54) is 0 Å². The van der Waals surface area contributed by atoms with E-state index < -0.39 is 23.8 Å². The molecule has 0 spiro atoms. The average Bonchev–Trinajstić information content (AvgIpc) is 2.52. The summed E-state index contributed by atoms with van der Waals surface area (Å²) in [5.41, 5.74) is 0.904. The summed E-state index contributed by atoms with van der Waals surface area (Å²) in [6.07, 6.45) is 0.577. The first-order valence-corrected chi connectivity index (χ1v) is 6.84. The van der Waals surface area contributed by atoms with Gasteiger partial charge in [0.05, 0.1) is 0 Å². The van der Waals surface area contributed by atoms with Crippen LogP contribution in [-0.4, -0.2) is 35.1 Å². The summed E-state index contributed by atoms with van der Waals surface area (Å²) in [4.78, 5) is 47.2. The van der Waals surface area contributed by atoms with Crippen molar-refractivity contribution in [3.8, 4) is 0 Å². The molecule has 1 radical (unpaired) electrons. The molecule has 1 atom stereocenters. The van der Waals surface area contributed by atoms with Crippen molar-refractivity contribution in [3.63, 3.8) is 0 Å². The molecule has 23 heavy (non-hydrogen) atoms. The smallest absolute Gasteiger partial charge is 0.249 e. The molecule has 7 heteroatoms. The zero-order valence-corrected chi connectivity index (χ0v) is 16.0. The molecule has 1 aromatic carbocycles. The Morgan fingerprint density at radius 2 is 2.09 bits per heavy atom. The normalized spacial score (nSPS) is 16.2. The monoisotopic (exact) mass is 391 g/mol. The van der Waals surface area contributed by atoms with E-state index in [0.717, 1.165) is 4.90 Å². The van der Waals surface area contributed by atoms with Crippen molar-refractivity contribution < 1.29 is 51.9 Å². The number of hydrogen-bond acceptors (Lipinski definition) is 4. The van der Waals surface area contributed by atoms with E-state index in [1.54, 1.807) is 32.0 Å². The van der Waals surface area contributed by atoms with Gasteiger partial charge in [0, 0.05) is 39.1 Å². The van der Waals surface area contributed by atoms with Gasteiger partial charge >= 0.3 is 0 Å². The number of aryl methyl sites for hydroxylation is 1. The maximum atomic E-state index is 12.3. The van der Waals surface area contributed by atoms with Crippen LogP contribution in [0.3, 0.4) is 0 Å². The Hall–Kier alpha value is -1.40.